The molecule has 0 aliphatic rings. The lowest BCUT2D eigenvalue weighted by Gasteiger charge is -2.10. The maximum atomic E-state index is 13.6. The molecule has 0 unspecified atom stereocenters. The van der Waals surface area contributed by atoms with Gasteiger partial charge in [-0.3, -0.25) is 9.48 Å². The highest BCUT2D eigenvalue weighted by Crippen LogP contribution is 2.29. The van der Waals surface area contributed by atoms with Gasteiger partial charge in [0.25, 0.3) is 6.43 Å². The van der Waals surface area contributed by atoms with Crippen molar-refractivity contribution in [2.75, 3.05) is 0 Å². The van der Waals surface area contributed by atoms with Crippen molar-refractivity contribution in [3.63, 3.8) is 0 Å². The molecule has 1 aromatic heterocycles. The van der Waals surface area contributed by atoms with Crippen LogP contribution in [0.25, 0.3) is 11.1 Å². The number of benzene rings is 2. The molecule has 0 saturated carbocycles. The zero-order valence-electron chi connectivity index (χ0n) is 14.0. The molecule has 0 radical (unpaired) electrons. The van der Waals surface area contributed by atoms with Crippen LogP contribution in [0.4, 0.5) is 22.0 Å². The fraction of sp³-hybridized carbons (Fsp3) is 0.158. The van der Waals surface area contributed by atoms with Crippen LogP contribution in [0.3, 0.4) is 0 Å². The molecule has 0 atom stereocenters. The largest absolute Gasteiger partial charge is 0.294 e. The number of aryl methyl sites for hydroxylation is 1. The number of rotatable bonds is 5. The number of hydrogen-bond donors (Lipinski definition) is 0. The van der Waals surface area contributed by atoms with Gasteiger partial charge in [0.05, 0.1) is 5.56 Å². The predicted octanol–water partition coefficient (Wildman–Crippen LogP) is 4.87. The number of Topliss-reactive ketones (excluding diaryl/α,β-unsaturated/α-hetero) is 1. The van der Waals surface area contributed by atoms with Crippen LogP contribution in [0.15, 0.2) is 42.6 Å². The van der Waals surface area contributed by atoms with E-state index in [0.29, 0.717) is 11.1 Å². The van der Waals surface area contributed by atoms with E-state index in [1.165, 1.54) is 25.4 Å². The second kappa shape index (κ2) is 7.30. The number of hydrogen-bond acceptors (Lipinski definition) is 2. The van der Waals surface area contributed by atoms with Gasteiger partial charge in [0, 0.05) is 19.7 Å². The zero-order chi connectivity index (χ0) is 19.7. The van der Waals surface area contributed by atoms with E-state index in [9.17, 15) is 26.7 Å². The van der Waals surface area contributed by atoms with E-state index in [1.807, 2.05) is 0 Å². The van der Waals surface area contributed by atoms with Crippen molar-refractivity contribution in [1.29, 1.82) is 0 Å². The molecule has 0 saturated heterocycles. The Labute approximate surface area is 151 Å². The Bertz CT molecular complexity index is 990. The fourth-order valence-corrected chi connectivity index (χ4v) is 2.82. The Hall–Kier alpha value is -3.03. The summed E-state index contributed by atoms with van der Waals surface area (Å²) in [5, 5.41) is 3.59. The number of alkyl halides is 2. The van der Waals surface area contributed by atoms with E-state index in [2.05, 4.69) is 5.10 Å². The minimum Gasteiger partial charge on any atom is -0.294 e. The molecule has 0 fully saturated rings. The maximum absolute atomic E-state index is 13.6. The van der Waals surface area contributed by atoms with Crippen molar-refractivity contribution in [1.82, 2.24) is 9.78 Å². The van der Waals surface area contributed by atoms with Gasteiger partial charge in [-0.05, 0) is 28.8 Å². The second-order valence-electron chi connectivity index (χ2n) is 5.91. The smallest absolute Gasteiger partial charge is 0.282 e. The average molecular weight is 380 g/mol. The highest BCUT2D eigenvalue weighted by molar-refractivity contribution is 5.99. The molecule has 3 rings (SSSR count). The first-order valence-electron chi connectivity index (χ1n) is 7.85. The molecule has 140 valence electrons. The number of ketones is 1. The number of nitrogens with zero attached hydrogens (tertiary/aromatic N) is 2. The van der Waals surface area contributed by atoms with Crippen LogP contribution in [0.1, 0.15) is 28.0 Å². The molecular formula is C19H13F5N2O. The van der Waals surface area contributed by atoms with Crippen LogP contribution < -0.4 is 0 Å². The summed E-state index contributed by atoms with van der Waals surface area (Å²) in [5.41, 5.74) is -0.157. The molecule has 3 aromatic rings. The molecule has 0 aliphatic carbocycles. The maximum Gasteiger partial charge on any atom is 0.282 e. The minimum absolute atomic E-state index is 0.0371. The summed E-state index contributed by atoms with van der Waals surface area (Å²) in [4.78, 5) is 12.5. The van der Waals surface area contributed by atoms with Gasteiger partial charge >= 0.3 is 0 Å². The summed E-state index contributed by atoms with van der Waals surface area (Å²) < 4.78 is 67.5. The summed E-state index contributed by atoms with van der Waals surface area (Å²) in [6, 6.07) is 7.85. The third-order valence-corrected chi connectivity index (χ3v) is 4.03. The van der Waals surface area contributed by atoms with Crippen molar-refractivity contribution < 1.29 is 26.7 Å². The Balaban J connectivity index is 1.99. The standard InChI is InChI=1S/C19H13F5N2O/c1-26-9-13(18(25-26)19(23)24)16(27)8-10-4-2-3-5-12(10)11-6-14(20)17(22)15(21)7-11/h2-7,9,19H,8H2,1H3. The molecule has 0 amide bonds. The molecular weight excluding hydrogens is 367 g/mol. The first kappa shape index (κ1) is 18.8. The SMILES string of the molecule is Cn1cc(C(=O)Cc2ccccc2-c2cc(F)c(F)c(F)c2)c(C(F)F)n1. The van der Waals surface area contributed by atoms with E-state index in [0.717, 1.165) is 16.8 Å². The highest BCUT2D eigenvalue weighted by atomic mass is 19.3. The molecule has 0 spiro atoms. The van der Waals surface area contributed by atoms with Crippen molar-refractivity contribution in [3.05, 3.63) is 76.9 Å². The number of aromatic nitrogens is 2. The third kappa shape index (κ3) is 3.74. The van der Waals surface area contributed by atoms with Crippen LogP contribution in [-0.4, -0.2) is 15.6 Å². The number of halogens is 5. The Morgan fingerprint density at radius 2 is 1.74 bits per heavy atom. The average Bonchev–Trinajstić information content (AvgIpc) is 3.02. The van der Waals surface area contributed by atoms with E-state index in [4.69, 9.17) is 0 Å². The molecule has 1 heterocycles. The summed E-state index contributed by atoms with van der Waals surface area (Å²) in [6.07, 6.45) is -2.01. The van der Waals surface area contributed by atoms with Gasteiger partial charge in [0.1, 0.15) is 5.69 Å². The Morgan fingerprint density at radius 3 is 2.37 bits per heavy atom. The van der Waals surface area contributed by atoms with Crippen molar-refractivity contribution >= 4 is 5.78 Å². The van der Waals surface area contributed by atoms with Gasteiger partial charge in [-0.1, -0.05) is 24.3 Å². The molecule has 0 aliphatic heterocycles. The predicted molar refractivity (Wildman–Crippen MR) is 88.0 cm³/mol. The van der Waals surface area contributed by atoms with Crippen LogP contribution >= 0.6 is 0 Å². The highest BCUT2D eigenvalue weighted by Gasteiger charge is 2.23. The summed E-state index contributed by atoms with van der Waals surface area (Å²) in [7, 11) is 1.42. The molecule has 3 nitrogen and oxygen atoms in total. The van der Waals surface area contributed by atoms with Crippen molar-refractivity contribution in [2.24, 2.45) is 7.05 Å². The third-order valence-electron chi connectivity index (χ3n) is 4.03. The molecule has 2 aromatic carbocycles. The Morgan fingerprint density at radius 1 is 1.11 bits per heavy atom. The normalized spacial score (nSPS) is 11.2. The molecule has 0 N–H and O–H groups in total. The van der Waals surface area contributed by atoms with E-state index in [1.54, 1.807) is 12.1 Å². The van der Waals surface area contributed by atoms with E-state index in [-0.39, 0.29) is 17.5 Å². The van der Waals surface area contributed by atoms with Gasteiger partial charge in [-0.15, -0.1) is 0 Å². The van der Waals surface area contributed by atoms with E-state index >= 15 is 0 Å². The van der Waals surface area contributed by atoms with Crippen molar-refractivity contribution in [3.8, 4) is 11.1 Å². The molecule has 8 heteroatoms. The van der Waals surface area contributed by atoms with Gasteiger partial charge in [0.15, 0.2) is 23.2 Å². The monoisotopic (exact) mass is 380 g/mol. The van der Waals surface area contributed by atoms with Gasteiger partial charge in [-0.2, -0.15) is 5.10 Å². The van der Waals surface area contributed by atoms with Crippen LogP contribution in [0.5, 0.6) is 0 Å². The van der Waals surface area contributed by atoms with Crippen molar-refractivity contribution in [2.45, 2.75) is 12.8 Å². The molecule has 27 heavy (non-hydrogen) atoms. The topological polar surface area (TPSA) is 34.9 Å². The van der Waals surface area contributed by atoms with Crippen LogP contribution in [-0.2, 0) is 13.5 Å². The van der Waals surface area contributed by atoms with Gasteiger partial charge in [0.2, 0.25) is 0 Å². The lowest BCUT2D eigenvalue weighted by atomic mass is 9.94. The summed E-state index contributed by atoms with van der Waals surface area (Å²) >= 11 is 0. The fourth-order valence-electron chi connectivity index (χ4n) is 2.82. The molecule has 0 bridgehead atoms. The van der Waals surface area contributed by atoms with Crippen LogP contribution in [0, 0.1) is 17.5 Å². The van der Waals surface area contributed by atoms with Gasteiger partial charge in [-0.25, -0.2) is 22.0 Å². The quantitative estimate of drug-likeness (QED) is 0.360. The number of carbonyl (C=O) groups is 1. The summed E-state index contributed by atoms with van der Waals surface area (Å²) in [6.45, 7) is 0. The number of carbonyl (C=O) groups excluding carboxylic acids is 1. The summed E-state index contributed by atoms with van der Waals surface area (Å²) in [5.74, 6) is -4.94. The Kier molecular flexibility index (Phi) is 5.07. The zero-order valence-corrected chi connectivity index (χ0v) is 14.0. The second-order valence-corrected chi connectivity index (χ2v) is 5.91. The minimum atomic E-state index is -2.92. The van der Waals surface area contributed by atoms with E-state index < -0.39 is 35.4 Å². The first-order chi connectivity index (χ1) is 12.8. The lowest BCUT2D eigenvalue weighted by Crippen LogP contribution is -2.07. The van der Waals surface area contributed by atoms with Gasteiger partial charge < -0.3 is 0 Å². The first-order valence-corrected chi connectivity index (χ1v) is 7.85. The van der Waals surface area contributed by atoms with Crippen LogP contribution in [0.2, 0.25) is 0 Å². The lowest BCUT2D eigenvalue weighted by molar-refractivity contribution is 0.0978.